The second-order valence-electron chi connectivity index (χ2n) is 4.01. The fourth-order valence-electron chi connectivity index (χ4n) is 1.37. The Labute approximate surface area is 110 Å². The van der Waals surface area contributed by atoms with E-state index in [1.807, 2.05) is 6.92 Å². The van der Waals surface area contributed by atoms with Crippen LogP contribution in [0.1, 0.15) is 30.1 Å². The number of amides is 1. The summed E-state index contributed by atoms with van der Waals surface area (Å²) >= 11 is 0. The highest BCUT2D eigenvalue weighted by molar-refractivity contribution is 5.96. The van der Waals surface area contributed by atoms with Gasteiger partial charge in [0.2, 0.25) is 0 Å². The van der Waals surface area contributed by atoms with Crippen molar-refractivity contribution in [2.24, 2.45) is 0 Å². The third-order valence-corrected chi connectivity index (χ3v) is 2.42. The molecule has 5 nitrogen and oxygen atoms in total. The minimum atomic E-state index is -0.817. The predicted octanol–water partition coefficient (Wildman–Crippen LogP) is 1.48. The molecule has 0 aliphatic heterocycles. The molecule has 0 saturated heterocycles. The lowest BCUT2D eigenvalue weighted by molar-refractivity contribution is -0.124. The number of unbranched alkanes of at least 4 members (excludes halogenated alkanes) is 1. The summed E-state index contributed by atoms with van der Waals surface area (Å²) in [5.41, 5.74) is 5.55. The van der Waals surface area contributed by atoms with Crippen molar-refractivity contribution in [3.05, 3.63) is 29.6 Å². The first-order valence-corrected chi connectivity index (χ1v) is 6.03. The molecule has 1 aromatic carbocycles. The molecule has 0 atom stereocenters. The second kappa shape index (κ2) is 7.35. The summed E-state index contributed by atoms with van der Waals surface area (Å²) in [6.07, 6.45) is 1.82. The number of carbonyl (C=O) groups excluding carboxylic acids is 2. The fourth-order valence-corrected chi connectivity index (χ4v) is 1.37. The molecule has 0 spiro atoms. The highest BCUT2D eigenvalue weighted by atomic mass is 19.1. The van der Waals surface area contributed by atoms with Gasteiger partial charge in [0.1, 0.15) is 5.82 Å². The molecule has 1 aromatic rings. The fraction of sp³-hybridized carbons (Fsp3) is 0.385. The summed E-state index contributed by atoms with van der Waals surface area (Å²) in [5.74, 6) is -1.80. The monoisotopic (exact) mass is 268 g/mol. The van der Waals surface area contributed by atoms with E-state index in [1.54, 1.807) is 0 Å². The summed E-state index contributed by atoms with van der Waals surface area (Å²) < 4.78 is 17.7. The molecule has 0 radical (unpaired) electrons. The quantitative estimate of drug-likeness (QED) is 0.465. The zero-order chi connectivity index (χ0) is 14.3. The van der Waals surface area contributed by atoms with Crippen molar-refractivity contribution in [2.45, 2.75) is 19.8 Å². The van der Waals surface area contributed by atoms with Crippen LogP contribution in [0.3, 0.4) is 0 Å². The van der Waals surface area contributed by atoms with Gasteiger partial charge in [0.15, 0.2) is 6.61 Å². The maximum atomic E-state index is 13.0. The Kier molecular flexibility index (Phi) is 5.78. The number of nitrogens with two attached hydrogens (primary N) is 1. The van der Waals surface area contributed by atoms with Gasteiger partial charge in [-0.2, -0.15) is 0 Å². The topological polar surface area (TPSA) is 81.4 Å². The maximum Gasteiger partial charge on any atom is 0.340 e. The molecule has 0 unspecified atom stereocenters. The number of anilines is 1. The number of nitrogen functional groups attached to an aromatic ring is 1. The van der Waals surface area contributed by atoms with Gasteiger partial charge in [-0.3, -0.25) is 4.79 Å². The standard InChI is InChI=1S/C13H17FN2O3/c1-2-3-6-16-12(17)8-19-13(18)10-7-9(14)4-5-11(10)15/h4-5,7H,2-3,6,8,15H2,1H3,(H,16,17). The minimum Gasteiger partial charge on any atom is -0.452 e. The Bertz CT molecular complexity index is 463. The molecule has 0 aromatic heterocycles. The summed E-state index contributed by atoms with van der Waals surface area (Å²) in [5, 5.41) is 2.59. The van der Waals surface area contributed by atoms with Gasteiger partial charge in [0.05, 0.1) is 5.56 Å². The number of benzene rings is 1. The van der Waals surface area contributed by atoms with Crippen LogP contribution in [0, 0.1) is 5.82 Å². The molecular formula is C13H17FN2O3. The first kappa shape index (κ1) is 14.9. The van der Waals surface area contributed by atoms with Gasteiger partial charge in [0, 0.05) is 12.2 Å². The highest BCUT2D eigenvalue weighted by Crippen LogP contribution is 2.14. The smallest absolute Gasteiger partial charge is 0.340 e. The Morgan fingerprint density at radius 3 is 2.84 bits per heavy atom. The number of halogens is 1. The average molecular weight is 268 g/mol. The van der Waals surface area contributed by atoms with E-state index in [0.29, 0.717) is 6.54 Å². The molecule has 0 heterocycles. The Hall–Kier alpha value is -2.11. The summed E-state index contributed by atoms with van der Waals surface area (Å²) in [7, 11) is 0. The molecule has 0 bridgehead atoms. The van der Waals surface area contributed by atoms with Gasteiger partial charge in [-0.1, -0.05) is 13.3 Å². The number of hydrogen-bond donors (Lipinski definition) is 2. The number of rotatable bonds is 6. The molecule has 104 valence electrons. The van der Waals surface area contributed by atoms with Crippen molar-refractivity contribution >= 4 is 17.6 Å². The van der Waals surface area contributed by atoms with E-state index in [9.17, 15) is 14.0 Å². The lowest BCUT2D eigenvalue weighted by Gasteiger charge is -2.07. The van der Waals surface area contributed by atoms with Gasteiger partial charge in [-0.05, 0) is 24.6 Å². The van der Waals surface area contributed by atoms with Gasteiger partial charge in [0.25, 0.3) is 5.91 Å². The van der Waals surface area contributed by atoms with Gasteiger partial charge in [-0.25, -0.2) is 9.18 Å². The van der Waals surface area contributed by atoms with E-state index in [-0.39, 0.29) is 11.3 Å². The van der Waals surface area contributed by atoms with Crippen molar-refractivity contribution in [1.82, 2.24) is 5.32 Å². The van der Waals surface area contributed by atoms with E-state index in [4.69, 9.17) is 10.5 Å². The molecule has 6 heteroatoms. The van der Waals surface area contributed by atoms with E-state index >= 15 is 0 Å². The zero-order valence-electron chi connectivity index (χ0n) is 10.7. The zero-order valence-corrected chi connectivity index (χ0v) is 10.7. The third-order valence-electron chi connectivity index (χ3n) is 2.42. The van der Waals surface area contributed by atoms with Crippen molar-refractivity contribution < 1.29 is 18.7 Å². The second-order valence-corrected chi connectivity index (χ2v) is 4.01. The van der Waals surface area contributed by atoms with Crippen molar-refractivity contribution in [3.8, 4) is 0 Å². The molecule has 1 amide bonds. The molecule has 0 aliphatic rings. The normalized spacial score (nSPS) is 10.0. The van der Waals surface area contributed by atoms with Crippen LogP contribution < -0.4 is 11.1 Å². The highest BCUT2D eigenvalue weighted by Gasteiger charge is 2.13. The van der Waals surface area contributed by atoms with Gasteiger partial charge >= 0.3 is 5.97 Å². The summed E-state index contributed by atoms with van der Waals surface area (Å²) in [6.45, 7) is 2.13. The van der Waals surface area contributed by atoms with Crippen LogP contribution in [0.2, 0.25) is 0 Å². The average Bonchev–Trinajstić information content (AvgIpc) is 2.39. The minimum absolute atomic E-state index is 0.0821. The SMILES string of the molecule is CCCCNC(=O)COC(=O)c1cc(F)ccc1N. The first-order chi connectivity index (χ1) is 9.04. The first-order valence-electron chi connectivity index (χ1n) is 6.03. The number of nitrogens with one attached hydrogen (secondary N) is 1. The molecule has 1 rings (SSSR count). The molecule has 0 fully saturated rings. The Morgan fingerprint density at radius 2 is 2.16 bits per heavy atom. The van der Waals surface area contributed by atoms with Crippen LogP contribution in [-0.2, 0) is 9.53 Å². The van der Waals surface area contributed by atoms with E-state index in [2.05, 4.69) is 5.32 Å². The van der Waals surface area contributed by atoms with E-state index in [1.165, 1.54) is 6.07 Å². The third kappa shape index (κ3) is 4.95. The largest absolute Gasteiger partial charge is 0.452 e. The number of esters is 1. The van der Waals surface area contributed by atoms with E-state index in [0.717, 1.165) is 25.0 Å². The van der Waals surface area contributed by atoms with Crippen LogP contribution in [0.4, 0.5) is 10.1 Å². The molecular weight excluding hydrogens is 251 g/mol. The van der Waals surface area contributed by atoms with Crippen LogP contribution in [0.25, 0.3) is 0 Å². The van der Waals surface area contributed by atoms with Crippen LogP contribution in [0.5, 0.6) is 0 Å². The summed E-state index contributed by atoms with van der Waals surface area (Å²) in [4.78, 5) is 22.9. The maximum absolute atomic E-state index is 13.0. The molecule has 0 saturated carbocycles. The lowest BCUT2D eigenvalue weighted by atomic mass is 10.2. The molecule has 3 N–H and O–H groups in total. The summed E-state index contributed by atoms with van der Waals surface area (Å²) in [6, 6.07) is 3.39. The lowest BCUT2D eigenvalue weighted by Crippen LogP contribution is -2.29. The van der Waals surface area contributed by atoms with Crippen molar-refractivity contribution in [2.75, 3.05) is 18.9 Å². The van der Waals surface area contributed by atoms with E-state index < -0.39 is 24.3 Å². The van der Waals surface area contributed by atoms with Crippen LogP contribution in [0.15, 0.2) is 18.2 Å². The van der Waals surface area contributed by atoms with Crippen LogP contribution in [-0.4, -0.2) is 25.0 Å². The van der Waals surface area contributed by atoms with Crippen LogP contribution >= 0.6 is 0 Å². The van der Waals surface area contributed by atoms with Gasteiger partial charge < -0.3 is 15.8 Å². The van der Waals surface area contributed by atoms with Crippen molar-refractivity contribution in [3.63, 3.8) is 0 Å². The number of ether oxygens (including phenoxy) is 1. The van der Waals surface area contributed by atoms with Gasteiger partial charge in [-0.15, -0.1) is 0 Å². The number of carbonyl (C=O) groups is 2. The van der Waals surface area contributed by atoms with Crippen molar-refractivity contribution in [1.29, 1.82) is 0 Å². The Morgan fingerprint density at radius 1 is 1.42 bits per heavy atom. The predicted molar refractivity (Wildman–Crippen MR) is 69.0 cm³/mol. The molecule has 0 aliphatic carbocycles. The molecule has 19 heavy (non-hydrogen) atoms. The Balaban J connectivity index is 2.47. The number of hydrogen-bond acceptors (Lipinski definition) is 4.